The van der Waals surface area contributed by atoms with Gasteiger partial charge in [0.15, 0.2) is 6.61 Å². The van der Waals surface area contributed by atoms with Crippen LogP contribution in [-0.4, -0.2) is 42.5 Å². The first-order chi connectivity index (χ1) is 13.6. The normalized spacial score (nSPS) is 14.6. The van der Waals surface area contributed by atoms with Crippen LogP contribution >= 0.6 is 11.6 Å². The summed E-state index contributed by atoms with van der Waals surface area (Å²) in [5.74, 6) is 0.597. The van der Waals surface area contributed by atoms with Gasteiger partial charge in [0.25, 0.3) is 11.8 Å². The Balaban J connectivity index is 1.45. The van der Waals surface area contributed by atoms with E-state index in [1.807, 2.05) is 29.2 Å². The van der Waals surface area contributed by atoms with Gasteiger partial charge in [0.05, 0.1) is 0 Å². The fourth-order valence-corrected chi connectivity index (χ4v) is 3.57. The fourth-order valence-electron chi connectivity index (χ4n) is 3.38. The zero-order chi connectivity index (χ0) is 19.9. The molecule has 0 unspecified atom stereocenters. The number of hydrogen-bond donors (Lipinski definition) is 1. The van der Waals surface area contributed by atoms with E-state index in [1.165, 1.54) is 0 Å². The lowest BCUT2D eigenvalue weighted by atomic mass is 10.0. The highest BCUT2D eigenvalue weighted by molar-refractivity contribution is 6.30. The number of rotatable bonds is 6. The number of halogens is 1. The molecule has 1 N–H and O–H groups in total. The van der Waals surface area contributed by atoms with Crippen LogP contribution in [0.25, 0.3) is 0 Å². The number of hydrogen-bond acceptors (Lipinski definition) is 3. The molecular formula is C22H25ClN2O3. The third kappa shape index (κ3) is 5.26. The van der Waals surface area contributed by atoms with Gasteiger partial charge in [-0.15, -0.1) is 0 Å². The molecule has 0 radical (unpaired) electrons. The van der Waals surface area contributed by atoms with Gasteiger partial charge in [-0.25, -0.2) is 0 Å². The second kappa shape index (κ2) is 9.60. The molecule has 1 saturated heterocycles. The molecule has 1 fully saturated rings. The van der Waals surface area contributed by atoms with E-state index in [4.69, 9.17) is 16.3 Å². The first-order valence-corrected chi connectivity index (χ1v) is 9.99. The average molecular weight is 401 g/mol. The quantitative estimate of drug-likeness (QED) is 0.804. The Morgan fingerprint density at radius 2 is 1.89 bits per heavy atom. The third-order valence-corrected chi connectivity index (χ3v) is 5.17. The maximum Gasteiger partial charge on any atom is 0.258 e. The summed E-state index contributed by atoms with van der Waals surface area (Å²) in [6.07, 6.45) is 2.31. The van der Waals surface area contributed by atoms with Crippen molar-refractivity contribution in [3.63, 3.8) is 0 Å². The molecule has 1 aliphatic heterocycles. The minimum Gasteiger partial charge on any atom is -0.483 e. The predicted molar refractivity (Wildman–Crippen MR) is 110 cm³/mol. The lowest BCUT2D eigenvalue weighted by molar-refractivity contribution is -0.124. The van der Waals surface area contributed by atoms with Crippen LogP contribution in [-0.2, 0) is 11.2 Å². The standard InChI is InChI=1S/C22H25ClN2O3/c1-2-16-6-3-4-9-20(16)28-15-21(26)24-19-10-12-25(13-11-19)22(27)17-7-5-8-18(23)14-17/h3-9,14,19H,2,10-13,15H2,1H3,(H,24,26). The molecule has 148 valence electrons. The number of benzene rings is 2. The molecule has 3 rings (SSSR count). The highest BCUT2D eigenvalue weighted by atomic mass is 35.5. The number of piperidine rings is 1. The van der Waals surface area contributed by atoms with Crippen LogP contribution in [0.5, 0.6) is 5.75 Å². The van der Waals surface area contributed by atoms with Crippen LogP contribution < -0.4 is 10.1 Å². The van der Waals surface area contributed by atoms with E-state index >= 15 is 0 Å². The summed E-state index contributed by atoms with van der Waals surface area (Å²) >= 11 is 5.97. The van der Waals surface area contributed by atoms with Gasteiger partial charge in [-0.1, -0.05) is 42.8 Å². The third-order valence-electron chi connectivity index (χ3n) is 4.93. The molecule has 0 aliphatic carbocycles. The minimum atomic E-state index is -0.134. The van der Waals surface area contributed by atoms with Crippen molar-refractivity contribution in [3.8, 4) is 5.75 Å². The monoisotopic (exact) mass is 400 g/mol. The van der Waals surface area contributed by atoms with Crippen molar-refractivity contribution < 1.29 is 14.3 Å². The summed E-state index contributed by atoms with van der Waals surface area (Å²) in [6, 6.07) is 14.8. The molecule has 1 heterocycles. The summed E-state index contributed by atoms with van der Waals surface area (Å²) in [6.45, 7) is 3.27. The maximum atomic E-state index is 12.6. The summed E-state index contributed by atoms with van der Waals surface area (Å²) in [7, 11) is 0. The van der Waals surface area contributed by atoms with Crippen molar-refractivity contribution in [2.75, 3.05) is 19.7 Å². The van der Waals surface area contributed by atoms with Crippen molar-refractivity contribution >= 4 is 23.4 Å². The molecule has 2 amide bonds. The Bertz CT molecular complexity index is 832. The molecule has 2 aromatic carbocycles. The molecule has 6 heteroatoms. The number of ether oxygens (including phenoxy) is 1. The lowest BCUT2D eigenvalue weighted by Crippen LogP contribution is -2.47. The topological polar surface area (TPSA) is 58.6 Å². The zero-order valence-electron chi connectivity index (χ0n) is 16.0. The number of likely N-dealkylation sites (tertiary alicyclic amines) is 1. The summed E-state index contributed by atoms with van der Waals surface area (Å²) in [5, 5.41) is 3.57. The van der Waals surface area contributed by atoms with Crippen molar-refractivity contribution in [3.05, 3.63) is 64.7 Å². The van der Waals surface area contributed by atoms with Gasteiger partial charge >= 0.3 is 0 Å². The van der Waals surface area contributed by atoms with Crippen molar-refractivity contribution in [1.29, 1.82) is 0 Å². The average Bonchev–Trinajstić information content (AvgIpc) is 2.72. The number of para-hydroxylation sites is 1. The van der Waals surface area contributed by atoms with Gasteiger partial charge in [-0.3, -0.25) is 9.59 Å². The van der Waals surface area contributed by atoms with Crippen LogP contribution in [0.1, 0.15) is 35.7 Å². The number of nitrogens with zero attached hydrogens (tertiary/aromatic N) is 1. The second-order valence-electron chi connectivity index (χ2n) is 6.89. The van der Waals surface area contributed by atoms with E-state index in [-0.39, 0.29) is 24.5 Å². The summed E-state index contributed by atoms with van der Waals surface area (Å²) < 4.78 is 5.67. The number of carbonyl (C=O) groups is 2. The van der Waals surface area contributed by atoms with E-state index in [0.717, 1.165) is 30.6 Å². The lowest BCUT2D eigenvalue weighted by Gasteiger charge is -2.32. The van der Waals surface area contributed by atoms with Crippen molar-refractivity contribution in [2.45, 2.75) is 32.2 Å². The Morgan fingerprint density at radius 1 is 1.14 bits per heavy atom. The summed E-state index contributed by atoms with van der Waals surface area (Å²) in [4.78, 5) is 26.6. The second-order valence-corrected chi connectivity index (χ2v) is 7.33. The Kier molecular flexibility index (Phi) is 6.93. The molecule has 2 aromatic rings. The molecule has 0 spiro atoms. The molecule has 0 aromatic heterocycles. The van der Waals surface area contributed by atoms with E-state index in [2.05, 4.69) is 12.2 Å². The molecule has 0 bridgehead atoms. The predicted octanol–water partition coefficient (Wildman–Crippen LogP) is 3.70. The van der Waals surface area contributed by atoms with Crippen molar-refractivity contribution in [1.82, 2.24) is 10.2 Å². The molecular weight excluding hydrogens is 376 g/mol. The van der Waals surface area contributed by atoms with Crippen LogP contribution in [0.4, 0.5) is 0 Å². The van der Waals surface area contributed by atoms with Gasteiger partial charge in [0.1, 0.15) is 5.75 Å². The minimum absolute atomic E-state index is 0.00132. The van der Waals surface area contributed by atoms with Crippen LogP contribution in [0.2, 0.25) is 5.02 Å². The molecule has 0 atom stereocenters. The van der Waals surface area contributed by atoms with Crippen LogP contribution in [0.3, 0.4) is 0 Å². The molecule has 28 heavy (non-hydrogen) atoms. The van der Waals surface area contributed by atoms with Gasteiger partial charge in [-0.2, -0.15) is 0 Å². The first kappa shape index (κ1) is 20.2. The number of nitrogens with one attached hydrogen (secondary N) is 1. The van der Waals surface area contributed by atoms with E-state index in [9.17, 15) is 9.59 Å². The molecule has 0 saturated carbocycles. The molecule has 1 aliphatic rings. The Labute approximate surface area is 170 Å². The number of carbonyl (C=O) groups excluding carboxylic acids is 2. The Morgan fingerprint density at radius 3 is 2.61 bits per heavy atom. The van der Waals surface area contributed by atoms with Gasteiger partial charge in [0.2, 0.25) is 0 Å². The van der Waals surface area contributed by atoms with Gasteiger partial charge in [-0.05, 0) is 49.1 Å². The highest BCUT2D eigenvalue weighted by Crippen LogP contribution is 2.19. The fraction of sp³-hybridized carbons (Fsp3) is 0.364. The number of aryl methyl sites for hydroxylation is 1. The zero-order valence-corrected chi connectivity index (χ0v) is 16.7. The van der Waals surface area contributed by atoms with E-state index in [0.29, 0.717) is 23.7 Å². The number of amides is 2. The SMILES string of the molecule is CCc1ccccc1OCC(=O)NC1CCN(C(=O)c2cccc(Cl)c2)CC1. The highest BCUT2D eigenvalue weighted by Gasteiger charge is 2.24. The largest absolute Gasteiger partial charge is 0.483 e. The van der Waals surface area contributed by atoms with Crippen LogP contribution in [0, 0.1) is 0 Å². The Hall–Kier alpha value is -2.53. The smallest absolute Gasteiger partial charge is 0.258 e. The first-order valence-electron chi connectivity index (χ1n) is 9.61. The van der Waals surface area contributed by atoms with Gasteiger partial charge < -0.3 is 15.0 Å². The van der Waals surface area contributed by atoms with Crippen molar-refractivity contribution in [2.24, 2.45) is 0 Å². The summed E-state index contributed by atoms with van der Waals surface area (Å²) in [5.41, 5.74) is 1.68. The van der Waals surface area contributed by atoms with Gasteiger partial charge in [0, 0.05) is 29.7 Å². The molecule has 5 nitrogen and oxygen atoms in total. The van der Waals surface area contributed by atoms with E-state index in [1.54, 1.807) is 24.3 Å². The van der Waals surface area contributed by atoms with Crippen LogP contribution in [0.15, 0.2) is 48.5 Å². The van der Waals surface area contributed by atoms with E-state index < -0.39 is 0 Å². The maximum absolute atomic E-state index is 12.6.